The molecule has 4 heteroatoms. The average molecular weight is 273 g/mol. The van der Waals surface area contributed by atoms with Crippen LogP contribution < -0.4 is 4.74 Å². The van der Waals surface area contributed by atoms with Gasteiger partial charge >= 0.3 is 0 Å². The number of hydrogen-bond acceptors (Lipinski definition) is 3. The van der Waals surface area contributed by atoms with Crippen LogP contribution in [0, 0.1) is 25.2 Å². The minimum atomic E-state index is 0.428. The Bertz CT molecular complexity index is 607. The Morgan fingerprint density at radius 3 is 2.47 bits per heavy atom. The monoisotopic (exact) mass is 272 g/mol. The number of hydrogen-bond donors (Lipinski definition) is 0. The summed E-state index contributed by atoms with van der Waals surface area (Å²) < 4.78 is 5.80. The van der Waals surface area contributed by atoms with Crippen LogP contribution in [0.25, 0.3) is 0 Å². The normalized spacial score (nSPS) is 10.0. The smallest absolute Gasteiger partial charge is 0.129 e. The van der Waals surface area contributed by atoms with E-state index in [2.05, 4.69) is 11.1 Å². The largest absolute Gasteiger partial charge is 0.488 e. The van der Waals surface area contributed by atoms with Crippen LogP contribution in [-0.4, -0.2) is 4.98 Å². The van der Waals surface area contributed by atoms with Crippen molar-refractivity contribution >= 4 is 11.6 Å². The maximum Gasteiger partial charge on any atom is 0.129 e. The number of aryl methyl sites for hydroxylation is 2. The molecule has 96 valence electrons. The van der Waals surface area contributed by atoms with Crippen LogP contribution in [-0.2, 0) is 6.61 Å². The van der Waals surface area contributed by atoms with Gasteiger partial charge in [-0.1, -0.05) is 17.7 Å². The molecule has 19 heavy (non-hydrogen) atoms. The lowest BCUT2D eigenvalue weighted by Gasteiger charge is -2.12. The second-order valence-electron chi connectivity index (χ2n) is 4.33. The molecule has 3 nitrogen and oxygen atoms in total. The summed E-state index contributed by atoms with van der Waals surface area (Å²) in [6.45, 7) is 4.30. The van der Waals surface area contributed by atoms with Crippen LogP contribution in [0.15, 0.2) is 30.5 Å². The number of ether oxygens (including phenoxy) is 1. The fourth-order valence-electron chi connectivity index (χ4n) is 1.89. The Hall–Kier alpha value is -2.05. The second kappa shape index (κ2) is 5.73. The van der Waals surface area contributed by atoms with Gasteiger partial charge in [-0.3, -0.25) is 0 Å². The van der Waals surface area contributed by atoms with E-state index in [0.29, 0.717) is 17.3 Å². The maximum absolute atomic E-state index is 8.90. The highest BCUT2D eigenvalue weighted by molar-refractivity contribution is 6.29. The molecule has 0 fully saturated rings. The van der Waals surface area contributed by atoms with Gasteiger partial charge in [0, 0.05) is 11.8 Å². The first kappa shape index (κ1) is 13.4. The summed E-state index contributed by atoms with van der Waals surface area (Å²) in [5.41, 5.74) is 3.51. The van der Waals surface area contributed by atoms with Crippen LogP contribution in [0.4, 0.5) is 0 Å². The molecule has 0 radical (unpaired) electrons. The molecule has 1 aromatic carbocycles. The molecule has 0 bridgehead atoms. The van der Waals surface area contributed by atoms with Gasteiger partial charge in [0.1, 0.15) is 17.5 Å². The highest BCUT2D eigenvalue weighted by atomic mass is 35.5. The van der Waals surface area contributed by atoms with Crippen LogP contribution in [0.5, 0.6) is 5.75 Å². The molecule has 1 heterocycles. The van der Waals surface area contributed by atoms with Crippen LogP contribution >= 0.6 is 11.6 Å². The lowest BCUT2D eigenvalue weighted by atomic mass is 10.1. The summed E-state index contributed by atoms with van der Waals surface area (Å²) in [5.74, 6) is 0.814. The van der Waals surface area contributed by atoms with Crippen molar-refractivity contribution in [3.63, 3.8) is 0 Å². The Labute approximate surface area is 117 Å². The van der Waals surface area contributed by atoms with Gasteiger partial charge in [0.2, 0.25) is 0 Å². The van der Waals surface area contributed by atoms with Gasteiger partial charge in [0.25, 0.3) is 0 Å². The van der Waals surface area contributed by atoms with Crippen LogP contribution in [0.2, 0.25) is 5.15 Å². The lowest BCUT2D eigenvalue weighted by molar-refractivity contribution is 0.301. The van der Waals surface area contributed by atoms with Crippen LogP contribution in [0.1, 0.15) is 22.3 Å². The van der Waals surface area contributed by atoms with Gasteiger partial charge in [-0.25, -0.2) is 4.98 Å². The number of benzene rings is 1. The second-order valence-corrected chi connectivity index (χ2v) is 4.72. The predicted molar refractivity (Wildman–Crippen MR) is 74.2 cm³/mol. The SMILES string of the molecule is Cc1cc(C#N)cc(C)c1OCc1ccc(Cl)nc1. The summed E-state index contributed by atoms with van der Waals surface area (Å²) in [5, 5.41) is 9.37. The molecular weight excluding hydrogens is 260 g/mol. The van der Waals surface area contributed by atoms with Gasteiger partial charge in [0.05, 0.1) is 11.6 Å². The Kier molecular flexibility index (Phi) is 4.03. The summed E-state index contributed by atoms with van der Waals surface area (Å²) in [4.78, 5) is 4.01. The van der Waals surface area contributed by atoms with Crippen molar-refractivity contribution in [1.29, 1.82) is 5.26 Å². The minimum Gasteiger partial charge on any atom is -0.488 e. The summed E-state index contributed by atoms with van der Waals surface area (Å²) in [6, 6.07) is 9.39. The van der Waals surface area contributed by atoms with E-state index in [9.17, 15) is 0 Å². The van der Waals surface area contributed by atoms with Crippen molar-refractivity contribution in [2.45, 2.75) is 20.5 Å². The molecule has 0 amide bonds. The Morgan fingerprint density at radius 2 is 1.95 bits per heavy atom. The van der Waals surface area contributed by atoms with Gasteiger partial charge in [-0.15, -0.1) is 0 Å². The zero-order valence-electron chi connectivity index (χ0n) is 10.8. The average Bonchev–Trinajstić information content (AvgIpc) is 2.39. The zero-order valence-corrected chi connectivity index (χ0v) is 11.5. The number of halogens is 1. The van der Waals surface area contributed by atoms with Crippen molar-refractivity contribution in [2.75, 3.05) is 0 Å². The highest BCUT2D eigenvalue weighted by Crippen LogP contribution is 2.25. The zero-order chi connectivity index (χ0) is 13.8. The summed E-state index contributed by atoms with van der Waals surface area (Å²) >= 11 is 5.73. The van der Waals surface area contributed by atoms with E-state index in [-0.39, 0.29) is 0 Å². The standard InChI is InChI=1S/C15H13ClN2O/c1-10-5-13(7-17)6-11(2)15(10)19-9-12-3-4-14(16)18-8-12/h3-6,8H,9H2,1-2H3. The highest BCUT2D eigenvalue weighted by Gasteiger charge is 2.07. The van der Waals surface area contributed by atoms with Gasteiger partial charge in [-0.2, -0.15) is 5.26 Å². The van der Waals surface area contributed by atoms with E-state index < -0.39 is 0 Å². The van der Waals surface area contributed by atoms with Crippen LogP contribution in [0.3, 0.4) is 0 Å². The van der Waals surface area contributed by atoms with E-state index >= 15 is 0 Å². The number of aromatic nitrogens is 1. The molecule has 0 N–H and O–H groups in total. The number of pyridine rings is 1. The molecule has 0 aliphatic heterocycles. The molecule has 0 spiro atoms. The number of rotatable bonds is 3. The molecule has 0 aliphatic carbocycles. The van der Waals surface area contributed by atoms with Crippen molar-refractivity contribution in [3.05, 3.63) is 57.9 Å². The third-order valence-corrected chi connectivity index (χ3v) is 2.98. The molecule has 2 rings (SSSR count). The van der Waals surface area contributed by atoms with Crippen molar-refractivity contribution in [3.8, 4) is 11.8 Å². The van der Waals surface area contributed by atoms with Gasteiger partial charge < -0.3 is 4.74 Å². The quantitative estimate of drug-likeness (QED) is 0.799. The third-order valence-electron chi connectivity index (χ3n) is 2.76. The molecule has 0 aliphatic rings. The molecule has 0 atom stereocenters. The summed E-state index contributed by atoms with van der Waals surface area (Å²) in [7, 11) is 0. The number of nitrogens with zero attached hydrogens (tertiary/aromatic N) is 2. The lowest BCUT2D eigenvalue weighted by Crippen LogP contribution is -2.00. The fraction of sp³-hybridized carbons (Fsp3) is 0.200. The van der Waals surface area contributed by atoms with Crippen molar-refractivity contribution in [1.82, 2.24) is 4.98 Å². The minimum absolute atomic E-state index is 0.428. The van der Waals surface area contributed by atoms with E-state index in [4.69, 9.17) is 21.6 Å². The van der Waals surface area contributed by atoms with Crippen molar-refractivity contribution < 1.29 is 4.74 Å². The molecule has 0 saturated heterocycles. The van der Waals surface area contributed by atoms with E-state index in [1.165, 1.54) is 0 Å². The van der Waals surface area contributed by atoms with E-state index in [0.717, 1.165) is 22.4 Å². The van der Waals surface area contributed by atoms with E-state index in [1.54, 1.807) is 12.3 Å². The van der Waals surface area contributed by atoms with E-state index in [1.807, 2.05) is 32.0 Å². The van der Waals surface area contributed by atoms with Crippen molar-refractivity contribution in [2.24, 2.45) is 0 Å². The van der Waals surface area contributed by atoms with Gasteiger partial charge in [-0.05, 0) is 43.2 Å². The first-order valence-corrected chi connectivity index (χ1v) is 6.22. The first-order chi connectivity index (χ1) is 9.10. The molecule has 0 saturated carbocycles. The number of nitriles is 1. The Morgan fingerprint density at radius 1 is 1.26 bits per heavy atom. The topological polar surface area (TPSA) is 45.9 Å². The molecular formula is C15H13ClN2O. The molecule has 0 unspecified atom stereocenters. The molecule has 2 aromatic rings. The first-order valence-electron chi connectivity index (χ1n) is 5.84. The predicted octanol–water partition coefficient (Wildman–Crippen LogP) is 3.80. The fourth-order valence-corrected chi connectivity index (χ4v) is 2.00. The molecule has 1 aromatic heterocycles. The summed E-state index contributed by atoms with van der Waals surface area (Å²) in [6.07, 6.45) is 1.69. The third kappa shape index (κ3) is 3.24. The maximum atomic E-state index is 8.90. The Balaban J connectivity index is 2.16. The van der Waals surface area contributed by atoms with Gasteiger partial charge in [0.15, 0.2) is 0 Å².